The van der Waals surface area contributed by atoms with Gasteiger partial charge in [0.05, 0.1) is 5.52 Å². The Labute approximate surface area is 119 Å². The van der Waals surface area contributed by atoms with E-state index < -0.39 is 0 Å². The molecule has 1 aliphatic carbocycles. The summed E-state index contributed by atoms with van der Waals surface area (Å²) in [7, 11) is 0. The normalized spacial score (nSPS) is 14.1. The standard InChI is InChI=1S/C16H18N2S/c1-9(2)10-5-3-7-12-14(16(17)19)11-6-4-8-13(11)18-15(10)12/h3,5,7,9H,4,6,8H2,1-2H3,(H2,17,19). The third-order valence-electron chi connectivity index (χ3n) is 3.94. The molecule has 1 heterocycles. The second-order valence-electron chi connectivity index (χ2n) is 5.53. The fraction of sp³-hybridized carbons (Fsp3) is 0.375. The molecule has 1 aromatic carbocycles. The second-order valence-corrected chi connectivity index (χ2v) is 5.97. The van der Waals surface area contributed by atoms with E-state index in [-0.39, 0.29) is 0 Å². The number of nitrogens with two attached hydrogens (primary N) is 1. The quantitative estimate of drug-likeness (QED) is 0.849. The summed E-state index contributed by atoms with van der Waals surface area (Å²) in [5.74, 6) is 0.454. The molecule has 0 bridgehead atoms. The highest BCUT2D eigenvalue weighted by atomic mass is 32.1. The lowest BCUT2D eigenvalue weighted by molar-refractivity contribution is 0.869. The summed E-state index contributed by atoms with van der Waals surface area (Å²) < 4.78 is 0. The lowest BCUT2D eigenvalue weighted by atomic mass is 9.95. The van der Waals surface area contributed by atoms with Crippen LogP contribution in [0.1, 0.15) is 48.6 Å². The van der Waals surface area contributed by atoms with Crippen LogP contribution in [0.15, 0.2) is 18.2 Å². The van der Waals surface area contributed by atoms with Crippen LogP contribution >= 0.6 is 12.2 Å². The van der Waals surface area contributed by atoms with Gasteiger partial charge in [0.15, 0.2) is 0 Å². The number of pyridine rings is 1. The largest absolute Gasteiger partial charge is 0.389 e. The van der Waals surface area contributed by atoms with Crippen LogP contribution in [0.5, 0.6) is 0 Å². The Balaban J connectivity index is 2.44. The maximum atomic E-state index is 5.98. The Kier molecular flexibility index (Phi) is 3.02. The van der Waals surface area contributed by atoms with E-state index in [1.165, 1.54) is 16.8 Å². The highest BCUT2D eigenvalue weighted by molar-refractivity contribution is 7.80. The third-order valence-corrected chi connectivity index (χ3v) is 4.15. The number of thiocarbonyl (C=S) groups is 1. The number of aromatic nitrogens is 1. The molecule has 0 spiro atoms. The van der Waals surface area contributed by atoms with Crippen molar-refractivity contribution in [1.29, 1.82) is 0 Å². The van der Waals surface area contributed by atoms with Gasteiger partial charge in [0.1, 0.15) is 4.99 Å². The van der Waals surface area contributed by atoms with Gasteiger partial charge in [0, 0.05) is 16.6 Å². The van der Waals surface area contributed by atoms with Crippen LogP contribution in [0.4, 0.5) is 0 Å². The van der Waals surface area contributed by atoms with Gasteiger partial charge < -0.3 is 5.73 Å². The SMILES string of the molecule is CC(C)c1cccc2c(C(N)=S)c3c(nc12)CCC3. The summed E-state index contributed by atoms with van der Waals surface area (Å²) in [4.78, 5) is 5.41. The molecule has 0 radical (unpaired) electrons. The fourth-order valence-electron chi connectivity index (χ4n) is 3.05. The fourth-order valence-corrected chi connectivity index (χ4v) is 3.29. The van der Waals surface area contributed by atoms with Crippen molar-refractivity contribution in [3.8, 4) is 0 Å². The number of benzene rings is 1. The number of fused-ring (bicyclic) bond motifs is 2. The summed E-state index contributed by atoms with van der Waals surface area (Å²) >= 11 is 5.29. The third kappa shape index (κ3) is 1.93. The van der Waals surface area contributed by atoms with E-state index in [0.717, 1.165) is 35.7 Å². The van der Waals surface area contributed by atoms with Crippen LogP contribution in [-0.2, 0) is 12.8 Å². The molecule has 0 unspecified atom stereocenters. The zero-order valence-corrected chi connectivity index (χ0v) is 12.2. The molecule has 0 saturated heterocycles. The van der Waals surface area contributed by atoms with Crippen molar-refractivity contribution in [3.63, 3.8) is 0 Å². The summed E-state index contributed by atoms with van der Waals surface area (Å²) in [6, 6.07) is 6.34. The van der Waals surface area contributed by atoms with Gasteiger partial charge in [-0.3, -0.25) is 4.98 Å². The van der Waals surface area contributed by atoms with Crippen LogP contribution in [-0.4, -0.2) is 9.97 Å². The Morgan fingerprint density at radius 3 is 2.79 bits per heavy atom. The summed E-state index contributed by atoms with van der Waals surface area (Å²) in [5, 5.41) is 1.12. The van der Waals surface area contributed by atoms with Crippen molar-refractivity contribution in [2.75, 3.05) is 0 Å². The molecule has 2 nitrogen and oxygen atoms in total. The number of rotatable bonds is 2. The van der Waals surface area contributed by atoms with Gasteiger partial charge in [-0.2, -0.15) is 0 Å². The smallest absolute Gasteiger partial charge is 0.105 e. The number of hydrogen-bond acceptors (Lipinski definition) is 2. The molecule has 3 heteroatoms. The minimum atomic E-state index is 0.454. The molecule has 0 atom stereocenters. The Morgan fingerprint density at radius 2 is 2.11 bits per heavy atom. The van der Waals surface area contributed by atoms with E-state index in [1.54, 1.807) is 0 Å². The molecule has 1 aliphatic rings. The van der Waals surface area contributed by atoms with Gasteiger partial charge in [-0.15, -0.1) is 0 Å². The van der Waals surface area contributed by atoms with Crippen LogP contribution < -0.4 is 5.73 Å². The molecular formula is C16H18N2S. The molecule has 0 amide bonds. The van der Waals surface area contributed by atoms with Gasteiger partial charge in [0.2, 0.25) is 0 Å². The molecule has 3 rings (SSSR count). The highest BCUT2D eigenvalue weighted by Crippen LogP contribution is 2.33. The van der Waals surface area contributed by atoms with Crippen molar-refractivity contribution in [2.45, 2.75) is 39.0 Å². The number of nitrogens with zero attached hydrogens (tertiary/aromatic N) is 1. The minimum absolute atomic E-state index is 0.454. The van der Waals surface area contributed by atoms with Crippen molar-refractivity contribution < 1.29 is 0 Å². The van der Waals surface area contributed by atoms with Crippen molar-refractivity contribution in [3.05, 3.63) is 40.6 Å². The number of aryl methyl sites for hydroxylation is 1. The van der Waals surface area contributed by atoms with Crippen LogP contribution in [0.3, 0.4) is 0 Å². The monoisotopic (exact) mass is 270 g/mol. The first-order chi connectivity index (χ1) is 9.09. The Bertz CT molecular complexity index is 674. The van der Waals surface area contributed by atoms with Crippen LogP contribution in [0.2, 0.25) is 0 Å². The van der Waals surface area contributed by atoms with E-state index >= 15 is 0 Å². The van der Waals surface area contributed by atoms with E-state index in [1.807, 2.05) is 0 Å². The molecule has 0 aliphatic heterocycles. The Hall–Kier alpha value is -1.48. The topological polar surface area (TPSA) is 38.9 Å². The van der Waals surface area contributed by atoms with Gasteiger partial charge in [-0.25, -0.2) is 0 Å². The predicted molar refractivity (Wildman–Crippen MR) is 83.7 cm³/mol. The Morgan fingerprint density at radius 1 is 1.32 bits per heavy atom. The van der Waals surface area contributed by atoms with E-state index in [4.69, 9.17) is 22.9 Å². The summed E-state index contributed by atoms with van der Waals surface area (Å²) in [6.45, 7) is 4.40. The molecule has 2 N–H and O–H groups in total. The first-order valence-corrected chi connectivity index (χ1v) is 7.24. The zero-order valence-electron chi connectivity index (χ0n) is 11.4. The number of hydrogen-bond donors (Lipinski definition) is 1. The van der Waals surface area contributed by atoms with Crippen molar-refractivity contribution in [2.24, 2.45) is 5.73 Å². The predicted octanol–water partition coefficient (Wildman–Crippen LogP) is 3.48. The zero-order chi connectivity index (χ0) is 13.6. The first kappa shape index (κ1) is 12.5. The van der Waals surface area contributed by atoms with Crippen LogP contribution in [0, 0.1) is 0 Å². The van der Waals surface area contributed by atoms with Gasteiger partial charge in [-0.1, -0.05) is 44.3 Å². The average Bonchev–Trinajstić information content (AvgIpc) is 2.81. The first-order valence-electron chi connectivity index (χ1n) is 6.83. The second kappa shape index (κ2) is 4.57. The van der Waals surface area contributed by atoms with Crippen molar-refractivity contribution >= 4 is 28.1 Å². The van der Waals surface area contributed by atoms with E-state index in [2.05, 4.69) is 32.0 Å². The minimum Gasteiger partial charge on any atom is -0.389 e. The number of para-hydroxylation sites is 1. The van der Waals surface area contributed by atoms with Gasteiger partial charge in [0.25, 0.3) is 0 Å². The van der Waals surface area contributed by atoms with Gasteiger partial charge in [-0.05, 0) is 36.3 Å². The lowest BCUT2D eigenvalue weighted by Crippen LogP contribution is -2.14. The van der Waals surface area contributed by atoms with E-state index in [9.17, 15) is 0 Å². The average molecular weight is 270 g/mol. The van der Waals surface area contributed by atoms with Gasteiger partial charge >= 0.3 is 0 Å². The van der Waals surface area contributed by atoms with Crippen molar-refractivity contribution in [1.82, 2.24) is 4.98 Å². The maximum absolute atomic E-state index is 5.98. The van der Waals surface area contributed by atoms with E-state index in [0.29, 0.717) is 10.9 Å². The highest BCUT2D eigenvalue weighted by Gasteiger charge is 2.22. The molecule has 0 saturated carbocycles. The summed E-state index contributed by atoms with van der Waals surface area (Å²) in [6.07, 6.45) is 3.26. The molecule has 1 aromatic heterocycles. The summed E-state index contributed by atoms with van der Waals surface area (Å²) in [5.41, 5.74) is 11.9. The maximum Gasteiger partial charge on any atom is 0.105 e. The molecule has 98 valence electrons. The molecular weight excluding hydrogens is 252 g/mol. The molecule has 19 heavy (non-hydrogen) atoms. The molecule has 2 aromatic rings. The lowest BCUT2D eigenvalue weighted by Gasteiger charge is -2.15. The van der Waals surface area contributed by atoms with Crippen LogP contribution in [0.25, 0.3) is 10.9 Å². The molecule has 0 fully saturated rings.